The number of nitrogens with zero attached hydrogens (tertiary/aromatic N) is 5. The molecule has 39 nitrogen and oxygen atoms in total. The van der Waals surface area contributed by atoms with Crippen LogP contribution in [0, 0.1) is 5.92 Å². The number of aromatic nitrogens is 2. The summed E-state index contributed by atoms with van der Waals surface area (Å²) < 4.78 is -1.02. The number of nitrogens with two attached hydrogens (primary N) is 9. The summed E-state index contributed by atoms with van der Waals surface area (Å²) in [5.41, 5.74) is 49.9. The van der Waals surface area contributed by atoms with Crippen molar-refractivity contribution in [2.45, 2.75) is 176 Å². The molecule has 538 valence electrons. The molecule has 0 spiro atoms. The zero-order chi connectivity index (χ0) is 72.1. The molecule has 1 aromatic rings. The van der Waals surface area contributed by atoms with Crippen molar-refractivity contribution in [1.29, 1.82) is 0 Å². The molecule has 96 heavy (non-hydrogen) atoms. The number of carbonyl (C=O) groups excluding carboxylic acids is 10. The maximum atomic E-state index is 14.2. The maximum Gasteiger partial charge on any atom is 0.326 e. The van der Waals surface area contributed by atoms with Crippen LogP contribution >= 0.6 is 25.3 Å². The number of aromatic amines is 1. The van der Waals surface area contributed by atoms with Crippen LogP contribution in [0.3, 0.4) is 0 Å². The smallest absolute Gasteiger partial charge is 0.326 e. The minimum atomic E-state index is -1.90. The average molecular weight is 1400 g/mol. The predicted octanol–water partition coefficient (Wildman–Crippen LogP) is -8.23. The van der Waals surface area contributed by atoms with Gasteiger partial charge in [-0.3, -0.25) is 72.7 Å². The van der Waals surface area contributed by atoms with Crippen molar-refractivity contribution in [2.24, 2.45) is 77.5 Å². The van der Waals surface area contributed by atoms with Gasteiger partial charge in [-0.1, -0.05) is 33.1 Å². The van der Waals surface area contributed by atoms with Gasteiger partial charge in [0.25, 0.3) is 0 Å². The number of aliphatic carboxylic acids is 2. The molecule has 41 heteroatoms. The van der Waals surface area contributed by atoms with Gasteiger partial charge in [-0.15, -0.1) is 0 Å². The fraction of sp³-hybridized carbons (Fsp3) is 0.655. The highest BCUT2D eigenvalue weighted by Gasteiger charge is 2.43. The Morgan fingerprint density at radius 2 is 0.948 bits per heavy atom. The summed E-state index contributed by atoms with van der Waals surface area (Å²) in [5.74, 6) is -14.0. The molecule has 1 aromatic heterocycles. The van der Waals surface area contributed by atoms with Gasteiger partial charge < -0.3 is 120 Å². The second-order valence-electron chi connectivity index (χ2n) is 23.0. The fourth-order valence-electron chi connectivity index (χ4n) is 9.62. The van der Waals surface area contributed by atoms with Crippen molar-refractivity contribution in [1.82, 2.24) is 63.1 Å². The molecular weight excluding hydrogens is 1300 g/mol. The first-order chi connectivity index (χ1) is 45.2. The monoisotopic (exact) mass is 1400 g/mol. The molecule has 1 saturated carbocycles. The summed E-state index contributed by atoms with van der Waals surface area (Å²) in [6.45, 7) is 1.94. The van der Waals surface area contributed by atoms with Crippen molar-refractivity contribution < 1.29 is 67.7 Å². The van der Waals surface area contributed by atoms with Crippen LogP contribution < -0.4 is 105 Å². The predicted molar refractivity (Wildman–Crippen MR) is 359 cm³/mol. The molecule has 1 heterocycles. The standard InChI is InChI=1S/C55H97N25O14S2/c1-28(2)20-34(45(88)76-32(12-8-18-68-53(61)62)44(87)79-37(26-95)48(91)77-33(50(93)94)13-9-19-69-54(63)64)78-47(90)36(22-40(83)84)74-38(81)24-70-43(86)31(11-7-17-67-52(59)60)75-46(89)35(21-29-23-65-27-72-29)73-39(82)25-71-49(92)41(55(96)14-4-3-5-15-55)80-42(85)30(56)10-6-16-66-51(57)58/h23,27-28,30-37,41,95-96H,3-22,24-26,56H2,1-2H3,(H,65,72)(H,70,86)(H,71,92)(H,73,82)(H,74,81)(H,75,89)(H,76,88)(H,77,91)(H,78,90)(H,79,87)(H,80,85)(H,83,84)(H,93,94)(H4,57,58,66)(H4,59,60,67)(H4,61,62,68)(H4,63,64,69)/t30-,31-,32-,33-,34-,35-,36-,37-,41?/m0/s1. The number of carboxylic acids is 2. The molecule has 9 atom stereocenters. The SMILES string of the molecule is CC(C)C[C@H](NC(=O)[C@H](CC(=O)O)NC(=O)CNC(=O)[C@H](CCCN=C(N)N)NC(=O)[C@H](Cc1cnc[nH]1)NC(=O)CNC(=O)C(NC(=O)[C@@H](N)CCCN=C(N)N)C1(S)CCCCC1)C(=O)N[C@@H](CCCN=C(N)N)C(=O)N[C@@H](CS)C(=O)N[C@@H](CCCN=C(N)N)C(=O)O. The van der Waals surface area contributed by atoms with E-state index in [1.54, 1.807) is 13.8 Å². The normalized spacial score (nSPS) is 15.1. The van der Waals surface area contributed by atoms with E-state index < -0.39 is 150 Å². The lowest BCUT2D eigenvalue weighted by Crippen LogP contribution is -2.61. The number of guanidine groups is 4. The van der Waals surface area contributed by atoms with E-state index in [9.17, 15) is 67.7 Å². The second-order valence-corrected chi connectivity index (χ2v) is 24.3. The van der Waals surface area contributed by atoms with Gasteiger partial charge in [0.2, 0.25) is 59.1 Å². The molecule has 1 fully saturated rings. The quantitative estimate of drug-likeness (QED) is 0.0125. The Morgan fingerprint density at radius 3 is 1.42 bits per heavy atom. The third kappa shape index (κ3) is 33.1. The summed E-state index contributed by atoms with van der Waals surface area (Å²) in [5, 5.41) is 44.3. The Balaban J connectivity index is 2.34. The average Bonchev–Trinajstić information content (AvgIpc) is 1.22. The summed E-state index contributed by atoms with van der Waals surface area (Å²) in [7, 11) is 0. The first-order valence-corrected chi connectivity index (χ1v) is 32.0. The Kier molecular flexibility index (Phi) is 37.5. The number of rotatable bonds is 45. The van der Waals surface area contributed by atoms with Crippen molar-refractivity contribution in [3.05, 3.63) is 18.2 Å². The minimum absolute atomic E-state index is 0.0269. The lowest BCUT2D eigenvalue weighted by Gasteiger charge is -2.39. The van der Waals surface area contributed by atoms with Crippen molar-refractivity contribution in [3.8, 4) is 0 Å². The molecule has 1 aliphatic carbocycles. The van der Waals surface area contributed by atoms with Gasteiger partial charge in [-0.05, 0) is 76.5 Å². The largest absolute Gasteiger partial charge is 0.481 e. The Hall–Kier alpha value is -9.41. The number of H-pyrrole nitrogens is 1. The van der Waals surface area contributed by atoms with Crippen LogP contribution in [-0.2, 0) is 64.0 Å². The summed E-state index contributed by atoms with van der Waals surface area (Å²) in [6.07, 6.45) is 4.81. The Bertz CT molecular complexity index is 2880. The van der Waals surface area contributed by atoms with Crippen LogP contribution in [0.2, 0.25) is 0 Å². The molecule has 0 radical (unpaired) electrons. The first kappa shape index (κ1) is 82.7. The van der Waals surface area contributed by atoms with E-state index in [4.69, 9.17) is 64.2 Å². The molecule has 0 saturated heterocycles. The number of amides is 10. The molecule has 0 aromatic carbocycles. The van der Waals surface area contributed by atoms with E-state index >= 15 is 0 Å². The number of thiol groups is 2. The van der Waals surface area contributed by atoms with Gasteiger partial charge in [0.1, 0.15) is 48.3 Å². The molecule has 31 N–H and O–H groups in total. The van der Waals surface area contributed by atoms with E-state index in [0.29, 0.717) is 37.8 Å². The van der Waals surface area contributed by atoms with Crippen LogP contribution in [0.4, 0.5) is 0 Å². The number of hydrogen-bond acceptors (Lipinski definition) is 20. The maximum absolute atomic E-state index is 14.2. The molecule has 0 aliphatic heterocycles. The molecule has 1 unspecified atom stereocenters. The first-order valence-electron chi connectivity index (χ1n) is 30.9. The van der Waals surface area contributed by atoms with Crippen LogP contribution in [0.15, 0.2) is 32.5 Å². The third-order valence-corrected chi connectivity index (χ3v) is 15.6. The summed E-state index contributed by atoms with van der Waals surface area (Å²) in [4.78, 5) is 184. The highest BCUT2D eigenvalue weighted by molar-refractivity contribution is 7.82. The zero-order valence-electron chi connectivity index (χ0n) is 53.8. The van der Waals surface area contributed by atoms with E-state index in [2.05, 4.69) is 95.7 Å². The van der Waals surface area contributed by atoms with Crippen LogP contribution in [0.25, 0.3) is 0 Å². The van der Waals surface area contributed by atoms with E-state index in [1.807, 2.05) is 0 Å². The highest BCUT2D eigenvalue weighted by Crippen LogP contribution is 2.37. The van der Waals surface area contributed by atoms with Crippen LogP contribution in [0.5, 0.6) is 0 Å². The third-order valence-electron chi connectivity index (χ3n) is 14.5. The summed E-state index contributed by atoms with van der Waals surface area (Å²) >= 11 is 9.02. The lowest BCUT2D eigenvalue weighted by atomic mass is 9.82. The molecular formula is C55H97N25O14S2. The summed E-state index contributed by atoms with van der Waals surface area (Å²) in [6, 6.07) is -13.0. The van der Waals surface area contributed by atoms with Gasteiger partial charge in [0.05, 0.1) is 31.9 Å². The number of hydrogen-bond donors (Lipinski definition) is 24. The molecule has 1 aliphatic rings. The van der Waals surface area contributed by atoms with Crippen molar-refractivity contribution in [2.75, 3.05) is 45.0 Å². The van der Waals surface area contributed by atoms with Gasteiger partial charge in [-0.25, -0.2) is 9.78 Å². The number of nitrogens with one attached hydrogen (secondary N) is 11. The highest BCUT2D eigenvalue weighted by atomic mass is 32.1. The van der Waals surface area contributed by atoms with Crippen LogP contribution in [-0.4, -0.2) is 219 Å². The Morgan fingerprint density at radius 1 is 0.531 bits per heavy atom. The van der Waals surface area contributed by atoms with Crippen LogP contribution in [0.1, 0.15) is 116 Å². The fourth-order valence-corrected chi connectivity index (χ4v) is 10.4. The number of carbonyl (C=O) groups is 12. The number of aliphatic imine (C=N–C) groups is 4. The molecule has 2 rings (SSSR count). The van der Waals surface area contributed by atoms with Gasteiger partial charge in [0, 0.05) is 55.0 Å². The van der Waals surface area contributed by atoms with Gasteiger partial charge in [-0.2, -0.15) is 25.3 Å². The van der Waals surface area contributed by atoms with Crippen molar-refractivity contribution in [3.63, 3.8) is 0 Å². The van der Waals surface area contributed by atoms with Crippen molar-refractivity contribution >= 4 is 120 Å². The number of imidazole rings is 1. The molecule has 10 amide bonds. The second kappa shape index (κ2) is 43.5. The van der Waals surface area contributed by atoms with Gasteiger partial charge >= 0.3 is 11.9 Å². The van der Waals surface area contributed by atoms with E-state index in [0.717, 1.165) is 6.42 Å². The Labute approximate surface area is 565 Å². The lowest BCUT2D eigenvalue weighted by molar-refractivity contribution is -0.142. The zero-order valence-corrected chi connectivity index (χ0v) is 55.6. The van der Waals surface area contributed by atoms with E-state index in [-0.39, 0.29) is 119 Å². The van der Waals surface area contributed by atoms with Gasteiger partial charge in [0.15, 0.2) is 23.8 Å². The molecule has 0 bridgehead atoms. The topological polar surface area (TPSA) is 678 Å². The van der Waals surface area contributed by atoms with E-state index in [1.165, 1.54) is 12.5 Å². The number of carboxylic acid groups (broad SMARTS) is 2. The minimum Gasteiger partial charge on any atom is -0.481 e.